The van der Waals surface area contributed by atoms with Gasteiger partial charge in [-0.15, -0.1) is 0 Å². The standard InChI is InChI=1S/C25H19N7OS/c1-2-22(33)28-16-9-15(11-26-12-16)18-3-4-20-24(30-18)25(32-31-20)21-10-17-19(29-21)5-7-27-23(17)14-6-8-34-13-14/h3-13,29H,2H2,1H3,(H,28,33)(H,31,32). The average Bonchev–Trinajstić information content (AvgIpc) is 3.62. The summed E-state index contributed by atoms with van der Waals surface area (Å²) < 4.78 is 0. The first-order chi connectivity index (χ1) is 16.7. The van der Waals surface area contributed by atoms with E-state index in [1.54, 1.807) is 23.7 Å². The van der Waals surface area contributed by atoms with E-state index in [9.17, 15) is 4.79 Å². The zero-order chi connectivity index (χ0) is 23.1. The van der Waals surface area contributed by atoms with E-state index in [1.165, 1.54) is 0 Å². The molecule has 0 bridgehead atoms. The molecule has 0 saturated heterocycles. The lowest BCUT2D eigenvalue weighted by atomic mass is 10.1. The van der Waals surface area contributed by atoms with Crippen molar-refractivity contribution in [1.29, 1.82) is 0 Å². The van der Waals surface area contributed by atoms with Gasteiger partial charge in [0, 0.05) is 46.2 Å². The van der Waals surface area contributed by atoms with Crippen LogP contribution >= 0.6 is 11.3 Å². The second-order valence-corrected chi connectivity index (χ2v) is 8.62. The van der Waals surface area contributed by atoms with E-state index < -0.39 is 0 Å². The van der Waals surface area contributed by atoms with Crippen molar-refractivity contribution in [3.63, 3.8) is 0 Å². The van der Waals surface area contributed by atoms with Gasteiger partial charge in [-0.05, 0) is 41.8 Å². The molecule has 6 rings (SSSR count). The highest BCUT2D eigenvalue weighted by atomic mass is 32.1. The molecule has 6 heterocycles. The number of aromatic amines is 2. The lowest BCUT2D eigenvalue weighted by Gasteiger charge is -2.06. The van der Waals surface area contributed by atoms with Gasteiger partial charge in [0.1, 0.15) is 11.2 Å². The minimum Gasteiger partial charge on any atom is -0.353 e. The highest BCUT2D eigenvalue weighted by Gasteiger charge is 2.16. The van der Waals surface area contributed by atoms with Crippen LogP contribution in [-0.2, 0) is 4.79 Å². The van der Waals surface area contributed by atoms with Crippen LogP contribution in [0.15, 0.2) is 65.7 Å². The van der Waals surface area contributed by atoms with E-state index in [0.29, 0.717) is 12.1 Å². The number of fused-ring (bicyclic) bond motifs is 2. The normalized spacial score (nSPS) is 11.3. The molecule has 9 heteroatoms. The van der Waals surface area contributed by atoms with Crippen LogP contribution in [0, 0.1) is 0 Å². The third-order valence-electron chi connectivity index (χ3n) is 5.64. The molecule has 3 N–H and O–H groups in total. The second kappa shape index (κ2) is 8.20. The first-order valence-electron chi connectivity index (χ1n) is 10.8. The lowest BCUT2D eigenvalue weighted by molar-refractivity contribution is -0.115. The molecule has 0 atom stereocenters. The van der Waals surface area contributed by atoms with Crippen LogP contribution < -0.4 is 5.32 Å². The zero-order valence-corrected chi connectivity index (χ0v) is 19.0. The lowest BCUT2D eigenvalue weighted by Crippen LogP contribution is -2.09. The van der Waals surface area contributed by atoms with Crippen molar-refractivity contribution in [1.82, 2.24) is 30.1 Å². The fraction of sp³-hybridized carbons (Fsp3) is 0.0800. The SMILES string of the molecule is CCC(=O)Nc1cncc(-c2ccc3[nH]nc(-c4cc5c(-c6ccsc6)nccc5[nH]4)c3n2)c1. The van der Waals surface area contributed by atoms with Crippen LogP contribution in [0.5, 0.6) is 0 Å². The van der Waals surface area contributed by atoms with E-state index in [2.05, 4.69) is 48.0 Å². The van der Waals surface area contributed by atoms with Gasteiger partial charge in [0.25, 0.3) is 0 Å². The van der Waals surface area contributed by atoms with Crippen molar-refractivity contribution in [2.45, 2.75) is 13.3 Å². The number of hydrogen-bond donors (Lipinski definition) is 3. The van der Waals surface area contributed by atoms with E-state index in [1.807, 2.05) is 42.8 Å². The molecule has 6 aromatic rings. The number of carbonyl (C=O) groups is 1. The molecule has 34 heavy (non-hydrogen) atoms. The molecule has 0 radical (unpaired) electrons. The Morgan fingerprint density at radius 3 is 2.85 bits per heavy atom. The monoisotopic (exact) mass is 465 g/mol. The number of nitrogens with zero attached hydrogens (tertiary/aromatic N) is 4. The number of anilines is 1. The highest BCUT2D eigenvalue weighted by molar-refractivity contribution is 7.08. The van der Waals surface area contributed by atoms with Crippen LogP contribution in [0.1, 0.15) is 13.3 Å². The van der Waals surface area contributed by atoms with Gasteiger partial charge in [0.15, 0.2) is 0 Å². The summed E-state index contributed by atoms with van der Waals surface area (Å²) in [6.45, 7) is 1.81. The van der Waals surface area contributed by atoms with Crippen molar-refractivity contribution in [2.75, 3.05) is 5.32 Å². The molecule has 0 unspecified atom stereocenters. The Morgan fingerprint density at radius 2 is 2.00 bits per heavy atom. The third-order valence-corrected chi connectivity index (χ3v) is 6.33. The quantitative estimate of drug-likeness (QED) is 0.305. The summed E-state index contributed by atoms with van der Waals surface area (Å²) in [5, 5.41) is 15.6. The van der Waals surface area contributed by atoms with Crippen LogP contribution in [0.2, 0.25) is 0 Å². The summed E-state index contributed by atoms with van der Waals surface area (Å²) in [7, 11) is 0. The number of amides is 1. The maximum Gasteiger partial charge on any atom is 0.224 e. The predicted molar refractivity (Wildman–Crippen MR) is 134 cm³/mol. The van der Waals surface area contributed by atoms with Crippen LogP contribution in [0.3, 0.4) is 0 Å². The summed E-state index contributed by atoms with van der Waals surface area (Å²) in [5.41, 5.74) is 8.38. The Morgan fingerprint density at radius 1 is 1.06 bits per heavy atom. The van der Waals surface area contributed by atoms with E-state index in [0.717, 1.165) is 55.8 Å². The summed E-state index contributed by atoms with van der Waals surface area (Å²) in [6, 6.07) is 11.8. The summed E-state index contributed by atoms with van der Waals surface area (Å²) >= 11 is 1.65. The van der Waals surface area contributed by atoms with Crippen molar-refractivity contribution < 1.29 is 4.79 Å². The van der Waals surface area contributed by atoms with E-state index in [-0.39, 0.29) is 5.91 Å². The van der Waals surface area contributed by atoms with Gasteiger partial charge in [-0.2, -0.15) is 16.4 Å². The van der Waals surface area contributed by atoms with E-state index >= 15 is 0 Å². The maximum atomic E-state index is 11.8. The smallest absolute Gasteiger partial charge is 0.224 e. The van der Waals surface area contributed by atoms with Crippen molar-refractivity contribution in [3.8, 4) is 33.9 Å². The topological polar surface area (TPSA) is 112 Å². The average molecular weight is 466 g/mol. The Hall–Kier alpha value is -4.37. The number of pyridine rings is 3. The largest absolute Gasteiger partial charge is 0.353 e. The zero-order valence-electron chi connectivity index (χ0n) is 18.2. The molecule has 0 aliphatic heterocycles. The van der Waals surface area contributed by atoms with Gasteiger partial charge in [-0.25, -0.2) is 4.98 Å². The number of H-pyrrole nitrogens is 2. The Kier molecular flexibility index (Phi) is 4.88. The fourth-order valence-corrected chi connectivity index (χ4v) is 4.60. The number of thiophene rings is 1. The van der Waals surface area contributed by atoms with Gasteiger partial charge >= 0.3 is 0 Å². The number of aromatic nitrogens is 6. The molecule has 166 valence electrons. The summed E-state index contributed by atoms with van der Waals surface area (Å²) in [4.78, 5) is 29.0. The first kappa shape index (κ1) is 20.3. The fourth-order valence-electron chi connectivity index (χ4n) is 3.96. The van der Waals surface area contributed by atoms with Gasteiger partial charge in [0.05, 0.1) is 34.5 Å². The van der Waals surface area contributed by atoms with E-state index in [4.69, 9.17) is 4.98 Å². The van der Waals surface area contributed by atoms with Gasteiger partial charge in [-0.3, -0.25) is 19.9 Å². The molecule has 8 nitrogen and oxygen atoms in total. The molecule has 0 aliphatic carbocycles. The second-order valence-electron chi connectivity index (χ2n) is 7.84. The molecule has 6 aromatic heterocycles. The van der Waals surface area contributed by atoms with Gasteiger partial charge in [-0.1, -0.05) is 6.92 Å². The molecular weight excluding hydrogens is 446 g/mol. The Bertz CT molecular complexity index is 1650. The van der Waals surface area contributed by atoms with Crippen LogP contribution in [0.25, 0.3) is 55.8 Å². The highest BCUT2D eigenvalue weighted by Crippen LogP contribution is 2.33. The minimum atomic E-state index is -0.0606. The number of rotatable bonds is 5. The molecule has 0 saturated carbocycles. The van der Waals surface area contributed by atoms with Gasteiger partial charge in [0.2, 0.25) is 5.91 Å². The maximum absolute atomic E-state index is 11.8. The molecule has 0 spiro atoms. The third kappa shape index (κ3) is 3.52. The molecular formula is C25H19N7OS. The molecule has 0 fully saturated rings. The first-order valence-corrected chi connectivity index (χ1v) is 11.7. The summed E-state index contributed by atoms with van der Waals surface area (Å²) in [6.07, 6.45) is 5.58. The summed E-state index contributed by atoms with van der Waals surface area (Å²) in [5.74, 6) is -0.0606. The molecule has 0 aromatic carbocycles. The van der Waals surface area contributed by atoms with Crippen molar-refractivity contribution >= 4 is 44.9 Å². The molecule has 0 aliphatic rings. The Labute approximate surface area is 198 Å². The number of nitrogens with one attached hydrogen (secondary N) is 3. The predicted octanol–water partition coefficient (Wildman–Crippen LogP) is 5.64. The Balaban J connectivity index is 1.43. The molecule has 1 amide bonds. The van der Waals surface area contributed by atoms with Crippen molar-refractivity contribution in [2.24, 2.45) is 0 Å². The minimum absolute atomic E-state index is 0.0606. The van der Waals surface area contributed by atoms with Crippen LogP contribution in [-0.4, -0.2) is 36.0 Å². The van der Waals surface area contributed by atoms with Gasteiger partial charge < -0.3 is 10.3 Å². The number of carbonyl (C=O) groups excluding carboxylic acids is 1. The van der Waals surface area contributed by atoms with Crippen LogP contribution in [0.4, 0.5) is 5.69 Å². The number of hydrogen-bond acceptors (Lipinski definition) is 6. The van der Waals surface area contributed by atoms with Crippen molar-refractivity contribution in [3.05, 3.63) is 65.7 Å².